The van der Waals surface area contributed by atoms with Crippen LogP contribution >= 0.6 is 15.9 Å². The summed E-state index contributed by atoms with van der Waals surface area (Å²) in [5.41, 5.74) is 4.60. The van der Waals surface area contributed by atoms with E-state index in [-0.39, 0.29) is 5.82 Å². The molecular formula is C15H14BrFN2. The van der Waals surface area contributed by atoms with Crippen molar-refractivity contribution in [2.45, 2.75) is 13.0 Å². The molecular weight excluding hydrogens is 307 g/mol. The van der Waals surface area contributed by atoms with Gasteiger partial charge in [-0.2, -0.15) is 0 Å². The fraction of sp³-hybridized carbons (Fsp3) is 0.200. The Morgan fingerprint density at radius 1 is 1.26 bits per heavy atom. The highest BCUT2D eigenvalue weighted by Crippen LogP contribution is 2.27. The minimum absolute atomic E-state index is 0.249. The SMILES string of the molecule is Fc1cc(NCc2cccc3c2NCC3)ccc1Br. The Hall–Kier alpha value is -1.55. The fourth-order valence-corrected chi connectivity index (χ4v) is 2.61. The number of hydrogen-bond donors (Lipinski definition) is 2. The summed E-state index contributed by atoms with van der Waals surface area (Å²) in [6, 6.07) is 11.4. The molecule has 19 heavy (non-hydrogen) atoms. The van der Waals surface area contributed by atoms with E-state index in [1.54, 1.807) is 6.07 Å². The topological polar surface area (TPSA) is 24.1 Å². The lowest BCUT2D eigenvalue weighted by atomic mass is 10.1. The number of benzene rings is 2. The van der Waals surface area contributed by atoms with Crippen LogP contribution in [0.4, 0.5) is 15.8 Å². The Morgan fingerprint density at radius 2 is 2.16 bits per heavy atom. The average molecular weight is 321 g/mol. The van der Waals surface area contributed by atoms with Crippen molar-refractivity contribution < 1.29 is 4.39 Å². The summed E-state index contributed by atoms with van der Waals surface area (Å²) in [6.07, 6.45) is 1.08. The number of anilines is 2. The molecule has 0 saturated carbocycles. The van der Waals surface area contributed by atoms with Crippen LogP contribution in [0.15, 0.2) is 40.9 Å². The maximum Gasteiger partial charge on any atom is 0.139 e. The maximum absolute atomic E-state index is 13.4. The second-order valence-corrected chi connectivity index (χ2v) is 5.46. The van der Waals surface area contributed by atoms with Crippen molar-refractivity contribution in [1.29, 1.82) is 0 Å². The Kier molecular flexibility index (Phi) is 3.42. The molecule has 3 rings (SSSR count). The van der Waals surface area contributed by atoms with E-state index in [0.717, 1.165) is 18.7 Å². The van der Waals surface area contributed by atoms with Gasteiger partial charge in [-0.05, 0) is 51.7 Å². The Labute approximate surface area is 120 Å². The van der Waals surface area contributed by atoms with E-state index < -0.39 is 0 Å². The fourth-order valence-electron chi connectivity index (χ4n) is 2.36. The molecule has 2 N–H and O–H groups in total. The molecule has 1 aliphatic rings. The molecule has 0 bridgehead atoms. The van der Waals surface area contributed by atoms with Crippen LogP contribution < -0.4 is 10.6 Å². The van der Waals surface area contributed by atoms with E-state index in [9.17, 15) is 4.39 Å². The van der Waals surface area contributed by atoms with Gasteiger partial charge in [0.05, 0.1) is 4.47 Å². The highest BCUT2D eigenvalue weighted by Gasteiger charge is 2.13. The zero-order valence-corrected chi connectivity index (χ0v) is 11.9. The predicted octanol–water partition coefficient (Wildman–Crippen LogP) is 4.17. The standard InChI is InChI=1S/C15H14BrFN2/c16-13-5-4-12(8-14(13)17)19-9-11-3-1-2-10-6-7-18-15(10)11/h1-5,8,18-19H,6-7,9H2. The molecule has 0 radical (unpaired) electrons. The normalized spacial score (nSPS) is 12.9. The van der Waals surface area contributed by atoms with Crippen molar-refractivity contribution >= 4 is 27.3 Å². The Morgan fingerprint density at radius 3 is 3.00 bits per heavy atom. The first-order valence-electron chi connectivity index (χ1n) is 6.27. The van der Waals surface area contributed by atoms with Gasteiger partial charge in [0.2, 0.25) is 0 Å². The minimum atomic E-state index is -0.249. The summed E-state index contributed by atoms with van der Waals surface area (Å²) >= 11 is 3.15. The molecule has 0 aromatic heterocycles. The molecule has 2 aromatic rings. The summed E-state index contributed by atoms with van der Waals surface area (Å²) in [5.74, 6) is -0.249. The number of halogens is 2. The van der Waals surface area contributed by atoms with E-state index in [2.05, 4.69) is 44.8 Å². The first-order chi connectivity index (χ1) is 9.24. The summed E-state index contributed by atoms with van der Waals surface area (Å²) in [5, 5.41) is 6.66. The van der Waals surface area contributed by atoms with Crippen LogP contribution in [0.3, 0.4) is 0 Å². The molecule has 1 aliphatic heterocycles. The number of para-hydroxylation sites is 1. The van der Waals surface area contributed by atoms with E-state index >= 15 is 0 Å². The second kappa shape index (κ2) is 5.21. The van der Waals surface area contributed by atoms with E-state index in [4.69, 9.17) is 0 Å². The van der Waals surface area contributed by atoms with Crippen molar-refractivity contribution in [2.75, 3.05) is 17.2 Å². The quantitative estimate of drug-likeness (QED) is 0.887. The van der Waals surface area contributed by atoms with Crippen LogP contribution in [0.1, 0.15) is 11.1 Å². The molecule has 2 aromatic carbocycles. The zero-order chi connectivity index (χ0) is 13.2. The molecule has 2 nitrogen and oxygen atoms in total. The van der Waals surface area contributed by atoms with Crippen LogP contribution in [0.2, 0.25) is 0 Å². The molecule has 0 unspecified atom stereocenters. The summed E-state index contributed by atoms with van der Waals surface area (Å²) in [4.78, 5) is 0. The number of hydrogen-bond acceptors (Lipinski definition) is 2. The summed E-state index contributed by atoms with van der Waals surface area (Å²) in [7, 11) is 0. The lowest BCUT2D eigenvalue weighted by molar-refractivity contribution is 0.621. The van der Waals surface area contributed by atoms with E-state index in [0.29, 0.717) is 11.0 Å². The number of rotatable bonds is 3. The van der Waals surface area contributed by atoms with Gasteiger partial charge in [-0.15, -0.1) is 0 Å². The van der Waals surface area contributed by atoms with Crippen LogP contribution in [-0.4, -0.2) is 6.54 Å². The smallest absolute Gasteiger partial charge is 0.139 e. The first-order valence-corrected chi connectivity index (χ1v) is 7.07. The van der Waals surface area contributed by atoms with Gasteiger partial charge < -0.3 is 10.6 Å². The van der Waals surface area contributed by atoms with Crippen molar-refractivity contribution in [3.8, 4) is 0 Å². The second-order valence-electron chi connectivity index (χ2n) is 4.61. The predicted molar refractivity (Wildman–Crippen MR) is 80.1 cm³/mol. The molecule has 0 spiro atoms. The van der Waals surface area contributed by atoms with Crippen molar-refractivity contribution in [3.05, 3.63) is 57.8 Å². The molecule has 0 saturated heterocycles. The van der Waals surface area contributed by atoms with Gasteiger partial charge in [-0.1, -0.05) is 18.2 Å². The monoisotopic (exact) mass is 320 g/mol. The maximum atomic E-state index is 13.4. The lowest BCUT2D eigenvalue weighted by Crippen LogP contribution is -2.03. The van der Waals surface area contributed by atoms with Gasteiger partial charge in [-0.3, -0.25) is 0 Å². The molecule has 98 valence electrons. The van der Waals surface area contributed by atoms with Gasteiger partial charge in [0.25, 0.3) is 0 Å². The summed E-state index contributed by atoms with van der Waals surface area (Å²) < 4.78 is 13.9. The Balaban J connectivity index is 1.76. The largest absolute Gasteiger partial charge is 0.384 e. The molecule has 0 aliphatic carbocycles. The van der Waals surface area contributed by atoms with Crippen LogP contribution in [0.25, 0.3) is 0 Å². The van der Waals surface area contributed by atoms with Gasteiger partial charge in [0.1, 0.15) is 5.82 Å². The van der Waals surface area contributed by atoms with Crippen LogP contribution in [0.5, 0.6) is 0 Å². The zero-order valence-electron chi connectivity index (χ0n) is 10.3. The van der Waals surface area contributed by atoms with Crippen molar-refractivity contribution in [1.82, 2.24) is 0 Å². The van der Waals surface area contributed by atoms with E-state index in [1.165, 1.54) is 22.9 Å². The van der Waals surface area contributed by atoms with Crippen molar-refractivity contribution in [3.63, 3.8) is 0 Å². The third kappa shape index (κ3) is 2.59. The van der Waals surface area contributed by atoms with Crippen LogP contribution in [-0.2, 0) is 13.0 Å². The lowest BCUT2D eigenvalue weighted by Gasteiger charge is -2.11. The number of fused-ring (bicyclic) bond motifs is 1. The van der Waals surface area contributed by atoms with Crippen molar-refractivity contribution in [2.24, 2.45) is 0 Å². The molecule has 0 amide bonds. The number of nitrogens with one attached hydrogen (secondary N) is 2. The molecule has 0 fully saturated rings. The van der Waals surface area contributed by atoms with Gasteiger partial charge >= 0.3 is 0 Å². The van der Waals surface area contributed by atoms with E-state index in [1.807, 2.05) is 6.07 Å². The third-order valence-corrected chi connectivity index (χ3v) is 3.98. The first kappa shape index (κ1) is 12.5. The highest BCUT2D eigenvalue weighted by atomic mass is 79.9. The van der Waals surface area contributed by atoms with Crippen LogP contribution in [0, 0.1) is 5.82 Å². The van der Waals surface area contributed by atoms with Gasteiger partial charge in [0.15, 0.2) is 0 Å². The Bertz CT molecular complexity index is 613. The summed E-state index contributed by atoms with van der Waals surface area (Å²) in [6.45, 7) is 1.69. The molecule has 0 atom stereocenters. The average Bonchev–Trinajstić information content (AvgIpc) is 2.89. The molecule has 1 heterocycles. The van der Waals surface area contributed by atoms with Gasteiger partial charge in [0, 0.05) is 24.5 Å². The molecule has 4 heteroatoms. The van der Waals surface area contributed by atoms with Gasteiger partial charge in [-0.25, -0.2) is 4.39 Å². The third-order valence-electron chi connectivity index (χ3n) is 3.34. The highest BCUT2D eigenvalue weighted by molar-refractivity contribution is 9.10. The minimum Gasteiger partial charge on any atom is -0.384 e.